The van der Waals surface area contributed by atoms with E-state index in [-0.39, 0.29) is 5.82 Å². The number of nitrogens with zero attached hydrogens (tertiary/aromatic N) is 3. The molecule has 0 aliphatic carbocycles. The van der Waals surface area contributed by atoms with Crippen LogP contribution in [0.25, 0.3) is 10.9 Å². The Labute approximate surface area is 212 Å². The van der Waals surface area contributed by atoms with Crippen molar-refractivity contribution in [2.24, 2.45) is 0 Å². The number of hydrogen-bond donors (Lipinski definition) is 3. The van der Waals surface area contributed by atoms with Gasteiger partial charge in [-0.15, -0.1) is 23.2 Å². The first-order valence-corrected chi connectivity index (χ1v) is 11.9. The smallest absolute Gasteiger partial charge is 0.323 e. The highest BCUT2D eigenvalue weighted by atomic mass is 35.5. The first kappa shape index (κ1) is 24.5. The number of fused-ring (bicyclic) bond motifs is 1. The van der Waals surface area contributed by atoms with Gasteiger partial charge < -0.3 is 20.9 Å². The van der Waals surface area contributed by atoms with Gasteiger partial charge in [0.05, 0.1) is 5.52 Å². The van der Waals surface area contributed by atoms with E-state index in [9.17, 15) is 9.18 Å². The zero-order chi connectivity index (χ0) is 24.6. The van der Waals surface area contributed by atoms with Crippen molar-refractivity contribution in [3.63, 3.8) is 0 Å². The van der Waals surface area contributed by atoms with Crippen LogP contribution >= 0.6 is 23.2 Å². The standard InChI is InChI=1S/C25H23Cl2FN6O/c26-10-12-34(13-11-27)21-7-4-18(5-8-21)32-25(35)33-20-6-9-23-22(15-20)24(30-16-29-23)31-19-3-1-2-17(28)14-19/h1-9,14-16H,10-13H2,(H,29,30,31)(H2,32,33,35). The summed E-state index contributed by atoms with van der Waals surface area (Å²) in [4.78, 5) is 23.2. The number of urea groups is 1. The molecule has 1 aromatic heterocycles. The van der Waals surface area contributed by atoms with Gasteiger partial charge in [0.25, 0.3) is 0 Å². The Morgan fingerprint density at radius 2 is 1.57 bits per heavy atom. The summed E-state index contributed by atoms with van der Waals surface area (Å²) in [5.41, 5.74) is 3.41. The topological polar surface area (TPSA) is 82.2 Å². The predicted octanol–water partition coefficient (Wildman–Crippen LogP) is 6.44. The van der Waals surface area contributed by atoms with Crippen molar-refractivity contribution in [2.75, 3.05) is 45.7 Å². The number of aromatic nitrogens is 2. The zero-order valence-corrected chi connectivity index (χ0v) is 20.2. The molecule has 0 spiro atoms. The van der Waals surface area contributed by atoms with Gasteiger partial charge in [0, 0.05) is 53.0 Å². The molecule has 10 heteroatoms. The van der Waals surface area contributed by atoms with Gasteiger partial charge in [-0.2, -0.15) is 0 Å². The van der Waals surface area contributed by atoms with Crippen molar-refractivity contribution >= 4 is 68.7 Å². The third-order valence-corrected chi connectivity index (χ3v) is 5.52. The van der Waals surface area contributed by atoms with Gasteiger partial charge in [-0.3, -0.25) is 0 Å². The van der Waals surface area contributed by atoms with Crippen molar-refractivity contribution in [3.05, 3.63) is 78.9 Å². The second kappa shape index (κ2) is 11.7. The Bertz CT molecular complexity index is 1300. The molecule has 0 aliphatic heterocycles. The molecular weight excluding hydrogens is 490 g/mol. The fourth-order valence-electron chi connectivity index (χ4n) is 3.56. The molecule has 0 fully saturated rings. The van der Waals surface area contributed by atoms with Crippen molar-refractivity contribution in [1.29, 1.82) is 0 Å². The molecule has 3 aromatic carbocycles. The monoisotopic (exact) mass is 512 g/mol. The summed E-state index contributed by atoms with van der Waals surface area (Å²) in [5, 5.41) is 9.42. The van der Waals surface area contributed by atoms with Gasteiger partial charge in [-0.1, -0.05) is 6.07 Å². The van der Waals surface area contributed by atoms with Crippen LogP contribution in [-0.4, -0.2) is 40.8 Å². The zero-order valence-electron chi connectivity index (χ0n) is 18.6. The van der Waals surface area contributed by atoms with Crippen LogP contribution in [-0.2, 0) is 0 Å². The maximum absolute atomic E-state index is 13.6. The van der Waals surface area contributed by atoms with Crippen LogP contribution in [0.1, 0.15) is 0 Å². The third kappa shape index (κ3) is 6.49. The number of carbonyl (C=O) groups is 1. The minimum atomic E-state index is -0.396. The highest BCUT2D eigenvalue weighted by Gasteiger charge is 2.10. The number of anilines is 5. The van der Waals surface area contributed by atoms with Crippen molar-refractivity contribution in [3.8, 4) is 0 Å². The minimum Gasteiger partial charge on any atom is -0.369 e. The van der Waals surface area contributed by atoms with E-state index in [4.69, 9.17) is 23.2 Å². The normalized spacial score (nSPS) is 10.7. The largest absolute Gasteiger partial charge is 0.369 e. The van der Waals surface area contributed by atoms with Gasteiger partial charge in [-0.05, 0) is 60.7 Å². The van der Waals surface area contributed by atoms with E-state index in [1.807, 2.05) is 24.3 Å². The molecular formula is C25H23Cl2FN6O. The molecule has 0 unspecified atom stereocenters. The average Bonchev–Trinajstić information content (AvgIpc) is 2.85. The van der Waals surface area contributed by atoms with E-state index in [1.165, 1.54) is 18.5 Å². The number of halogens is 3. The minimum absolute atomic E-state index is 0.355. The summed E-state index contributed by atoms with van der Waals surface area (Å²) >= 11 is 11.8. The molecule has 3 N–H and O–H groups in total. The van der Waals surface area contributed by atoms with E-state index in [2.05, 4.69) is 30.8 Å². The van der Waals surface area contributed by atoms with Crippen LogP contribution in [0.15, 0.2) is 73.1 Å². The molecule has 0 saturated heterocycles. The molecule has 0 aliphatic rings. The van der Waals surface area contributed by atoms with E-state index in [1.54, 1.807) is 30.3 Å². The van der Waals surface area contributed by atoms with Gasteiger partial charge >= 0.3 is 6.03 Å². The van der Waals surface area contributed by atoms with Gasteiger partial charge in [0.1, 0.15) is 18.0 Å². The fraction of sp³-hybridized carbons (Fsp3) is 0.160. The van der Waals surface area contributed by atoms with Crippen LogP contribution in [0.2, 0.25) is 0 Å². The Balaban J connectivity index is 1.46. The highest BCUT2D eigenvalue weighted by Crippen LogP contribution is 2.26. The molecule has 35 heavy (non-hydrogen) atoms. The van der Waals surface area contributed by atoms with E-state index in [0.717, 1.165) is 5.69 Å². The molecule has 2 amide bonds. The lowest BCUT2D eigenvalue weighted by molar-refractivity contribution is 0.262. The van der Waals surface area contributed by atoms with E-state index in [0.29, 0.717) is 58.6 Å². The molecule has 180 valence electrons. The van der Waals surface area contributed by atoms with Crippen molar-refractivity contribution in [2.45, 2.75) is 0 Å². The third-order valence-electron chi connectivity index (χ3n) is 5.18. The molecule has 0 bridgehead atoms. The Hall–Kier alpha value is -3.62. The Morgan fingerprint density at radius 3 is 2.29 bits per heavy atom. The number of alkyl halides is 2. The van der Waals surface area contributed by atoms with E-state index < -0.39 is 6.03 Å². The molecule has 7 nitrogen and oxygen atoms in total. The molecule has 1 heterocycles. The average molecular weight is 513 g/mol. The molecule has 4 rings (SSSR count). The van der Waals surface area contributed by atoms with Crippen LogP contribution in [0.5, 0.6) is 0 Å². The summed E-state index contributed by atoms with van der Waals surface area (Å²) < 4.78 is 13.6. The lowest BCUT2D eigenvalue weighted by Crippen LogP contribution is -2.27. The lowest BCUT2D eigenvalue weighted by Gasteiger charge is -2.23. The summed E-state index contributed by atoms with van der Waals surface area (Å²) in [7, 11) is 0. The first-order valence-electron chi connectivity index (χ1n) is 10.9. The maximum Gasteiger partial charge on any atom is 0.323 e. The second-order valence-electron chi connectivity index (χ2n) is 7.58. The van der Waals surface area contributed by atoms with Crippen molar-refractivity contribution < 1.29 is 9.18 Å². The molecule has 0 saturated carbocycles. The number of amides is 2. The summed E-state index contributed by atoms with van der Waals surface area (Å²) in [6.45, 7) is 1.37. The van der Waals surface area contributed by atoms with Gasteiger partial charge in [-0.25, -0.2) is 19.2 Å². The van der Waals surface area contributed by atoms with Gasteiger partial charge in [0.15, 0.2) is 0 Å². The Morgan fingerprint density at radius 1 is 0.857 bits per heavy atom. The van der Waals surface area contributed by atoms with Gasteiger partial charge in [0.2, 0.25) is 0 Å². The molecule has 4 aromatic rings. The quantitative estimate of drug-likeness (QED) is 0.225. The maximum atomic E-state index is 13.6. The van der Waals surface area contributed by atoms with Crippen LogP contribution < -0.4 is 20.9 Å². The van der Waals surface area contributed by atoms with Crippen LogP contribution in [0, 0.1) is 5.82 Å². The van der Waals surface area contributed by atoms with Crippen LogP contribution in [0.3, 0.4) is 0 Å². The number of benzene rings is 3. The SMILES string of the molecule is O=C(Nc1ccc(N(CCCl)CCCl)cc1)Nc1ccc2ncnc(Nc3cccc(F)c3)c2c1. The number of hydrogen-bond acceptors (Lipinski definition) is 5. The number of carbonyl (C=O) groups excluding carboxylic acids is 1. The number of nitrogens with one attached hydrogen (secondary N) is 3. The van der Waals surface area contributed by atoms with Crippen molar-refractivity contribution in [1.82, 2.24) is 9.97 Å². The van der Waals surface area contributed by atoms with Crippen LogP contribution in [0.4, 0.5) is 37.8 Å². The molecule has 0 radical (unpaired) electrons. The second-order valence-corrected chi connectivity index (χ2v) is 8.34. The highest BCUT2D eigenvalue weighted by molar-refractivity contribution is 6.18. The predicted molar refractivity (Wildman–Crippen MR) is 142 cm³/mol. The van der Waals surface area contributed by atoms with E-state index >= 15 is 0 Å². The first-order chi connectivity index (χ1) is 17.1. The molecule has 0 atom stereocenters. The number of rotatable bonds is 9. The lowest BCUT2D eigenvalue weighted by atomic mass is 10.2. The Kier molecular flexibility index (Phi) is 8.18. The summed E-state index contributed by atoms with van der Waals surface area (Å²) in [6, 6.07) is 18.4. The summed E-state index contributed by atoms with van der Waals surface area (Å²) in [6.07, 6.45) is 1.43. The fourth-order valence-corrected chi connectivity index (χ4v) is 3.97. The summed E-state index contributed by atoms with van der Waals surface area (Å²) in [5.74, 6) is 1.13.